The zero-order valence-electron chi connectivity index (χ0n) is 11.0. The lowest BCUT2D eigenvalue weighted by molar-refractivity contribution is 0.342. The SMILES string of the molecule is CCOc1cc2nc(CC)c(C#N)c(N)c2cc1N. The van der Waals surface area contributed by atoms with Crippen molar-refractivity contribution in [1.29, 1.82) is 5.26 Å². The van der Waals surface area contributed by atoms with E-state index in [1.165, 1.54) is 0 Å². The molecule has 5 heteroatoms. The van der Waals surface area contributed by atoms with E-state index in [-0.39, 0.29) is 0 Å². The van der Waals surface area contributed by atoms with Gasteiger partial charge in [0.1, 0.15) is 11.8 Å². The molecule has 0 aliphatic heterocycles. The van der Waals surface area contributed by atoms with Crippen molar-refractivity contribution < 1.29 is 4.74 Å². The zero-order valence-corrected chi connectivity index (χ0v) is 11.0. The highest BCUT2D eigenvalue weighted by molar-refractivity contribution is 5.96. The maximum Gasteiger partial charge on any atom is 0.144 e. The second kappa shape index (κ2) is 5.02. The summed E-state index contributed by atoms with van der Waals surface area (Å²) in [6.07, 6.45) is 0.650. The molecule has 1 aromatic heterocycles. The van der Waals surface area contributed by atoms with Crippen LogP contribution in [-0.4, -0.2) is 11.6 Å². The van der Waals surface area contributed by atoms with Crippen molar-refractivity contribution in [3.8, 4) is 11.8 Å². The second-order valence-corrected chi connectivity index (χ2v) is 4.15. The van der Waals surface area contributed by atoms with Gasteiger partial charge >= 0.3 is 0 Å². The highest BCUT2D eigenvalue weighted by Gasteiger charge is 2.13. The first-order chi connectivity index (χ1) is 9.12. The molecule has 2 rings (SSSR count). The molecule has 0 unspecified atom stereocenters. The summed E-state index contributed by atoms with van der Waals surface area (Å²) in [5, 5.41) is 9.86. The lowest BCUT2D eigenvalue weighted by atomic mass is 10.0. The Morgan fingerprint density at radius 3 is 2.63 bits per heavy atom. The lowest BCUT2D eigenvalue weighted by Crippen LogP contribution is -2.03. The molecule has 0 saturated heterocycles. The van der Waals surface area contributed by atoms with Crippen LogP contribution in [-0.2, 0) is 6.42 Å². The zero-order chi connectivity index (χ0) is 14.0. The highest BCUT2D eigenvalue weighted by Crippen LogP contribution is 2.32. The standard InChI is InChI=1S/C14H16N4O/c1-3-11-9(7-15)14(17)8-5-10(16)13(19-4-2)6-12(8)18-11/h5-6H,3-4,16H2,1-2H3,(H2,17,18). The third kappa shape index (κ3) is 2.13. The van der Waals surface area contributed by atoms with Gasteiger partial charge in [-0.2, -0.15) is 5.26 Å². The predicted octanol–water partition coefficient (Wildman–Crippen LogP) is 2.23. The number of ether oxygens (including phenoxy) is 1. The Kier molecular flexibility index (Phi) is 3.43. The number of nitrogens with two attached hydrogens (primary N) is 2. The average Bonchev–Trinajstić information content (AvgIpc) is 2.40. The Morgan fingerprint density at radius 2 is 2.05 bits per heavy atom. The van der Waals surface area contributed by atoms with Crippen LogP contribution >= 0.6 is 0 Å². The molecule has 0 bridgehead atoms. The summed E-state index contributed by atoms with van der Waals surface area (Å²) in [4.78, 5) is 4.47. The molecule has 0 atom stereocenters. The van der Waals surface area contributed by atoms with Gasteiger partial charge in [-0.25, -0.2) is 0 Å². The van der Waals surface area contributed by atoms with Crippen molar-refractivity contribution in [3.63, 3.8) is 0 Å². The summed E-state index contributed by atoms with van der Waals surface area (Å²) in [6.45, 7) is 4.36. The molecule has 0 radical (unpaired) electrons. The monoisotopic (exact) mass is 256 g/mol. The van der Waals surface area contributed by atoms with Crippen molar-refractivity contribution in [1.82, 2.24) is 4.98 Å². The molecular formula is C14H16N4O. The molecule has 98 valence electrons. The molecule has 0 amide bonds. The number of nitrogen functional groups attached to an aromatic ring is 2. The van der Waals surface area contributed by atoms with Crippen molar-refractivity contribution in [3.05, 3.63) is 23.4 Å². The number of rotatable bonds is 3. The van der Waals surface area contributed by atoms with E-state index in [1.807, 2.05) is 13.8 Å². The fraction of sp³-hybridized carbons (Fsp3) is 0.286. The van der Waals surface area contributed by atoms with E-state index in [1.54, 1.807) is 12.1 Å². The first-order valence-corrected chi connectivity index (χ1v) is 6.16. The molecular weight excluding hydrogens is 240 g/mol. The second-order valence-electron chi connectivity index (χ2n) is 4.15. The van der Waals surface area contributed by atoms with Crippen LogP contribution in [0.2, 0.25) is 0 Å². The molecule has 0 aliphatic rings. The first-order valence-electron chi connectivity index (χ1n) is 6.16. The molecule has 1 heterocycles. The molecule has 2 aromatic rings. The van der Waals surface area contributed by atoms with Crippen molar-refractivity contribution in [2.24, 2.45) is 0 Å². The Morgan fingerprint density at radius 1 is 1.32 bits per heavy atom. The average molecular weight is 256 g/mol. The molecule has 0 aliphatic carbocycles. The van der Waals surface area contributed by atoms with Crippen molar-refractivity contribution in [2.75, 3.05) is 18.1 Å². The number of nitriles is 1. The Labute approximate surface area is 111 Å². The fourth-order valence-corrected chi connectivity index (χ4v) is 2.05. The summed E-state index contributed by atoms with van der Waals surface area (Å²) in [5.41, 5.74) is 14.7. The van der Waals surface area contributed by atoms with E-state index in [0.717, 1.165) is 0 Å². The smallest absolute Gasteiger partial charge is 0.144 e. The molecule has 0 saturated carbocycles. The van der Waals surface area contributed by atoms with E-state index in [0.29, 0.717) is 52.3 Å². The van der Waals surface area contributed by atoms with Crippen LogP contribution in [0.5, 0.6) is 5.75 Å². The maximum atomic E-state index is 9.17. The van der Waals surface area contributed by atoms with Gasteiger partial charge in [-0.15, -0.1) is 0 Å². The minimum atomic E-state index is 0.429. The predicted molar refractivity (Wildman–Crippen MR) is 75.8 cm³/mol. The number of benzene rings is 1. The molecule has 4 N–H and O–H groups in total. The summed E-state index contributed by atoms with van der Waals surface area (Å²) in [5.74, 6) is 0.591. The minimum Gasteiger partial charge on any atom is -0.492 e. The first kappa shape index (κ1) is 13.0. The summed E-state index contributed by atoms with van der Waals surface area (Å²) >= 11 is 0. The van der Waals surface area contributed by atoms with Gasteiger partial charge in [-0.1, -0.05) is 6.92 Å². The topological polar surface area (TPSA) is 97.9 Å². The Hall–Kier alpha value is -2.48. The Bertz CT molecular complexity index is 673. The van der Waals surface area contributed by atoms with E-state index >= 15 is 0 Å². The lowest BCUT2D eigenvalue weighted by Gasteiger charge is -2.12. The summed E-state index contributed by atoms with van der Waals surface area (Å²) in [6, 6.07) is 5.59. The van der Waals surface area contributed by atoms with Gasteiger partial charge in [0, 0.05) is 11.5 Å². The molecule has 1 aromatic carbocycles. The third-order valence-corrected chi connectivity index (χ3v) is 2.98. The number of fused-ring (bicyclic) bond motifs is 1. The Balaban J connectivity index is 2.78. The van der Waals surface area contributed by atoms with Crippen molar-refractivity contribution in [2.45, 2.75) is 20.3 Å². The van der Waals surface area contributed by atoms with Crippen LogP contribution < -0.4 is 16.2 Å². The van der Waals surface area contributed by atoms with Gasteiger partial charge in [-0.05, 0) is 19.4 Å². The quantitative estimate of drug-likeness (QED) is 0.820. The van der Waals surface area contributed by atoms with Gasteiger partial charge < -0.3 is 16.2 Å². The van der Waals surface area contributed by atoms with Crippen LogP contribution in [0.1, 0.15) is 25.1 Å². The van der Waals surface area contributed by atoms with Crippen LogP contribution in [0.25, 0.3) is 10.9 Å². The van der Waals surface area contributed by atoms with Crippen LogP contribution in [0.3, 0.4) is 0 Å². The molecule has 19 heavy (non-hydrogen) atoms. The van der Waals surface area contributed by atoms with E-state index in [2.05, 4.69) is 11.1 Å². The number of pyridine rings is 1. The van der Waals surface area contributed by atoms with Gasteiger partial charge in [0.05, 0.1) is 34.8 Å². The van der Waals surface area contributed by atoms with Gasteiger partial charge in [0.15, 0.2) is 0 Å². The van der Waals surface area contributed by atoms with Crippen LogP contribution in [0, 0.1) is 11.3 Å². The number of nitrogens with zero attached hydrogens (tertiary/aromatic N) is 2. The van der Waals surface area contributed by atoms with E-state index in [9.17, 15) is 5.26 Å². The van der Waals surface area contributed by atoms with Gasteiger partial charge in [0.2, 0.25) is 0 Å². The molecule has 5 nitrogen and oxygen atoms in total. The van der Waals surface area contributed by atoms with E-state index < -0.39 is 0 Å². The largest absolute Gasteiger partial charge is 0.492 e. The maximum absolute atomic E-state index is 9.17. The normalized spacial score (nSPS) is 10.4. The molecule has 0 fully saturated rings. The van der Waals surface area contributed by atoms with E-state index in [4.69, 9.17) is 16.2 Å². The fourth-order valence-electron chi connectivity index (χ4n) is 2.05. The van der Waals surface area contributed by atoms with Gasteiger partial charge in [0.25, 0.3) is 0 Å². The number of hydrogen-bond acceptors (Lipinski definition) is 5. The summed E-state index contributed by atoms with van der Waals surface area (Å²) in [7, 11) is 0. The minimum absolute atomic E-state index is 0.429. The number of anilines is 2. The number of aryl methyl sites for hydroxylation is 1. The van der Waals surface area contributed by atoms with Crippen molar-refractivity contribution >= 4 is 22.3 Å². The third-order valence-electron chi connectivity index (χ3n) is 2.98. The van der Waals surface area contributed by atoms with Crippen LogP contribution in [0.15, 0.2) is 12.1 Å². The number of hydrogen-bond donors (Lipinski definition) is 2. The number of aromatic nitrogens is 1. The summed E-state index contributed by atoms with van der Waals surface area (Å²) < 4.78 is 5.44. The van der Waals surface area contributed by atoms with Crippen LogP contribution in [0.4, 0.5) is 11.4 Å². The van der Waals surface area contributed by atoms with Gasteiger partial charge in [-0.3, -0.25) is 4.98 Å². The molecule has 0 spiro atoms. The highest BCUT2D eigenvalue weighted by atomic mass is 16.5.